The number of benzene rings is 2. The van der Waals surface area contributed by atoms with E-state index in [1.807, 2.05) is 48.5 Å². The number of amidine groups is 1. The number of ether oxygens (including phenoxy) is 1. The number of hydrogen-bond acceptors (Lipinski definition) is 5. The number of halogens is 1. The van der Waals surface area contributed by atoms with Crippen LogP contribution in [0.1, 0.15) is 11.1 Å². The Balaban J connectivity index is 1.78. The van der Waals surface area contributed by atoms with E-state index in [1.165, 1.54) is 11.8 Å². The molecule has 0 saturated carbocycles. The maximum absolute atomic E-state index is 12.1. The molecule has 0 aliphatic carbocycles. The van der Waals surface area contributed by atoms with E-state index < -0.39 is 0 Å². The molecule has 1 fully saturated rings. The van der Waals surface area contributed by atoms with Gasteiger partial charge in [0, 0.05) is 10.0 Å². The van der Waals surface area contributed by atoms with Crippen LogP contribution in [0.25, 0.3) is 0 Å². The Kier molecular flexibility index (Phi) is 5.88. The van der Waals surface area contributed by atoms with Gasteiger partial charge < -0.3 is 4.74 Å². The molecule has 0 radical (unpaired) electrons. The van der Waals surface area contributed by atoms with Crippen molar-refractivity contribution in [2.24, 2.45) is 10.2 Å². The first-order valence-corrected chi connectivity index (χ1v) is 9.37. The molecule has 2 aromatic carbocycles. The molecule has 5 nitrogen and oxygen atoms in total. The van der Waals surface area contributed by atoms with Gasteiger partial charge in [0.1, 0.15) is 5.75 Å². The van der Waals surface area contributed by atoms with Crippen LogP contribution in [0.5, 0.6) is 5.75 Å². The smallest absolute Gasteiger partial charge is 0.239 e. The van der Waals surface area contributed by atoms with Crippen LogP contribution in [0, 0.1) is 0 Å². The maximum Gasteiger partial charge on any atom is 0.239 e. The molecule has 7 heteroatoms. The number of methoxy groups -OCH3 is 1. The Labute approximate surface area is 158 Å². The van der Waals surface area contributed by atoms with Gasteiger partial charge in [-0.3, -0.25) is 9.69 Å². The Bertz CT molecular complexity index is 824. The average Bonchev–Trinajstić information content (AvgIpc) is 2.96. The summed E-state index contributed by atoms with van der Waals surface area (Å²) in [6, 6.07) is 15.5. The van der Waals surface area contributed by atoms with Crippen LogP contribution in [0.2, 0.25) is 0 Å². The highest BCUT2D eigenvalue weighted by Gasteiger charge is 2.28. The third-order valence-corrected chi connectivity index (χ3v) is 5.02. The highest BCUT2D eigenvalue weighted by Crippen LogP contribution is 2.23. The minimum absolute atomic E-state index is 0.0443. The Morgan fingerprint density at radius 3 is 2.84 bits per heavy atom. The van der Waals surface area contributed by atoms with Crippen molar-refractivity contribution in [2.75, 3.05) is 12.9 Å². The zero-order valence-electron chi connectivity index (χ0n) is 13.6. The predicted molar refractivity (Wildman–Crippen MR) is 105 cm³/mol. The molecule has 0 spiro atoms. The average molecular weight is 418 g/mol. The molecule has 128 valence electrons. The fourth-order valence-electron chi connectivity index (χ4n) is 2.34. The number of thioether (sulfide) groups is 1. The van der Waals surface area contributed by atoms with E-state index in [-0.39, 0.29) is 5.91 Å². The Morgan fingerprint density at radius 1 is 1.28 bits per heavy atom. The maximum atomic E-state index is 12.1. The molecule has 1 heterocycles. The predicted octanol–water partition coefficient (Wildman–Crippen LogP) is 3.92. The minimum Gasteiger partial charge on any atom is -0.496 e. The number of carbonyl (C=O) groups excluding carboxylic acids is 1. The molecule has 0 N–H and O–H groups in total. The summed E-state index contributed by atoms with van der Waals surface area (Å²) in [5.74, 6) is 1.15. The summed E-state index contributed by atoms with van der Waals surface area (Å²) >= 11 is 4.83. The summed E-state index contributed by atoms with van der Waals surface area (Å²) in [5.41, 5.74) is 1.87. The van der Waals surface area contributed by atoms with Gasteiger partial charge in [-0.25, -0.2) is 0 Å². The van der Waals surface area contributed by atoms with Gasteiger partial charge in [0.05, 0.1) is 25.6 Å². The molecular weight excluding hydrogens is 402 g/mol. The van der Waals surface area contributed by atoms with Crippen molar-refractivity contribution in [2.45, 2.75) is 6.54 Å². The standard InChI is InChI=1S/C18H16BrN3O2S/c1-24-16-8-7-15(19)9-14(16)10-20-21-18-22(17(23)12-25-18)11-13-5-3-2-4-6-13/h2-10H,11-12H2,1H3/b20-10-,21-18+. The lowest BCUT2D eigenvalue weighted by atomic mass is 10.2. The van der Waals surface area contributed by atoms with Gasteiger partial charge in [0.25, 0.3) is 0 Å². The highest BCUT2D eigenvalue weighted by molar-refractivity contribution is 9.10. The fraction of sp³-hybridized carbons (Fsp3) is 0.167. The summed E-state index contributed by atoms with van der Waals surface area (Å²) < 4.78 is 6.24. The van der Waals surface area contributed by atoms with Crippen molar-refractivity contribution < 1.29 is 9.53 Å². The number of hydrogen-bond donors (Lipinski definition) is 0. The van der Waals surface area contributed by atoms with E-state index in [0.29, 0.717) is 23.2 Å². The van der Waals surface area contributed by atoms with Gasteiger partial charge in [-0.15, -0.1) is 5.10 Å². The van der Waals surface area contributed by atoms with E-state index >= 15 is 0 Å². The van der Waals surface area contributed by atoms with Gasteiger partial charge in [0.15, 0.2) is 5.17 Å². The van der Waals surface area contributed by atoms with Gasteiger partial charge >= 0.3 is 0 Å². The molecular formula is C18H16BrN3O2S. The van der Waals surface area contributed by atoms with Crippen molar-refractivity contribution in [3.8, 4) is 5.75 Å². The quantitative estimate of drug-likeness (QED) is 0.546. The van der Waals surface area contributed by atoms with Gasteiger partial charge in [-0.05, 0) is 23.8 Å². The van der Waals surface area contributed by atoms with Gasteiger partial charge in [0.2, 0.25) is 5.91 Å². The van der Waals surface area contributed by atoms with Gasteiger partial charge in [-0.2, -0.15) is 5.10 Å². The second-order valence-corrected chi connectivity index (χ2v) is 7.13. The largest absolute Gasteiger partial charge is 0.496 e. The molecule has 0 unspecified atom stereocenters. The number of rotatable bonds is 5. The van der Waals surface area contributed by atoms with Crippen molar-refractivity contribution in [3.05, 3.63) is 64.1 Å². The third-order valence-electron chi connectivity index (χ3n) is 3.57. The molecule has 1 aliphatic heterocycles. The molecule has 1 aliphatic rings. The molecule has 25 heavy (non-hydrogen) atoms. The van der Waals surface area contributed by atoms with Crippen LogP contribution >= 0.6 is 27.7 Å². The number of carbonyl (C=O) groups is 1. The Hall–Kier alpha value is -2.12. The SMILES string of the molecule is COc1ccc(Br)cc1/C=N\N=C1\SCC(=O)N1Cc1ccccc1. The summed E-state index contributed by atoms with van der Waals surface area (Å²) in [6.07, 6.45) is 1.63. The topological polar surface area (TPSA) is 54.3 Å². The van der Waals surface area contributed by atoms with E-state index in [2.05, 4.69) is 26.1 Å². The number of amides is 1. The zero-order valence-corrected chi connectivity index (χ0v) is 16.0. The van der Waals surface area contributed by atoms with Crippen LogP contribution in [-0.4, -0.2) is 35.1 Å². The summed E-state index contributed by atoms with van der Waals surface area (Å²) in [4.78, 5) is 13.8. The van der Waals surface area contributed by atoms with Gasteiger partial charge in [-0.1, -0.05) is 58.0 Å². The van der Waals surface area contributed by atoms with E-state index in [4.69, 9.17) is 4.74 Å². The second-order valence-electron chi connectivity index (χ2n) is 5.27. The monoisotopic (exact) mass is 417 g/mol. The lowest BCUT2D eigenvalue weighted by molar-refractivity contribution is -0.124. The first-order valence-electron chi connectivity index (χ1n) is 7.59. The van der Waals surface area contributed by atoms with Crippen molar-refractivity contribution >= 4 is 45.0 Å². The lowest BCUT2D eigenvalue weighted by Crippen LogP contribution is -2.28. The molecule has 3 rings (SSSR count). The molecule has 1 saturated heterocycles. The van der Waals surface area contributed by atoms with Crippen LogP contribution < -0.4 is 4.74 Å². The van der Waals surface area contributed by atoms with Crippen LogP contribution in [0.3, 0.4) is 0 Å². The first-order chi connectivity index (χ1) is 12.2. The second kappa shape index (κ2) is 8.31. The number of nitrogens with zero attached hydrogens (tertiary/aromatic N) is 3. The van der Waals surface area contributed by atoms with Crippen molar-refractivity contribution in [1.82, 2.24) is 4.90 Å². The first kappa shape index (κ1) is 17.7. The molecule has 2 aromatic rings. The summed E-state index contributed by atoms with van der Waals surface area (Å²) in [7, 11) is 1.61. The van der Waals surface area contributed by atoms with Crippen molar-refractivity contribution in [1.29, 1.82) is 0 Å². The Morgan fingerprint density at radius 2 is 2.08 bits per heavy atom. The van der Waals surface area contributed by atoms with E-state index in [1.54, 1.807) is 18.2 Å². The lowest BCUT2D eigenvalue weighted by Gasteiger charge is -2.14. The van der Waals surface area contributed by atoms with E-state index in [9.17, 15) is 4.79 Å². The van der Waals surface area contributed by atoms with Crippen LogP contribution in [0.4, 0.5) is 0 Å². The highest BCUT2D eigenvalue weighted by atomic mass is 79.9. The normalized spacial score (nSPS) is 16.2. The zero-order chi connectivity index (χ0) is 17.6. The minimum atomic E-state index is 0.0443. The van der Waals surface area contributed by atoms with Crippen molar-refractivity contribution in [3.63, 3.8) is 0 Å². The fourth-order valence-corrected chi connectivity index (χ4v) is 3.55. The molecule has 0 aromatic heterocycles. The summed E-state index contributed by atoms with van der Waals surface area (Å²) in [5, 5.41) is 8.99. The van der Waals surface area contributed by atoms with Crippen LogP contribution in [-0.2, 0) is 11.3 Å². The molecule has 0 atom stereocenters. The third kappa shape index (κ3) is 4.49. The molecule has 1 amide bonds. The molecule has 0 bridgehead atoms. The van der Waals surface area contributed by atoms with E-state index in [0.717, 1.165) is 15.6 Å². The summed E-state index contributed by atoms with van der Waals surface area (Å²) in [6.45, 7) is 0.501. The van der Waals surface area contributed by atoms with Crippen LogP contribution in [0.15, 0.2) is 63.2 Å².